The lowest BCUT2D eigenvalue weighted by Crippen LogP contribution is -2.32. The number of hydrogen-bond donors (Lipinski definition) is 2. The maximum Gasteiger partial charge on any atom is 0.260 e. The first-order valence-corrected chi connectivity index (χ1v) is 8.02. The summed E-state index contributed by atoms with van der Waals surface area (Å²) in [4.78, 5) is 33.2. The quantitative estimate of drug-likeness (QED) is 0.768. The van der Waals surface area contributed by atoms with Gasteiger partial charge in [0.25, 0.3) is 5.56 Å². The van der Waals surface area contributed by atoms with Crippen LogP contribution in [-0.4, -0.2) is 29.5 Å². The van der Waals surface area contributed by atoms with E-state index < -0.39 is 0 Å². The van der Waals surface area contributed by atoms with Gasteiger partial charge in [0.2, 0.25) is 11.9 Å². The number of carbonyl (C=O) groups excluding carboxylic acids is 1. The molecule has 3 aromatic rings. The van der Waals surface area contributed by atoms with Gasteiger partial charge in [0.1, 0.15) is 0 Å². The SMILES string of the molecule is Cc1cccc(NC(=O)CN(C)c2nc3ccccc3c(=O)[nH]2)c1C. The number of aromatic amines is 1. The highest BCUT2D eigenvalue weighted by Gasteiger charge is 2.12. The van der Waals surface area contributed by atoms with Crippen LogP contribution in [0.4, 0.5) is 11.6 Å². The van der Waals surface area contributed by atoms with Crippen molar-refractivity contribution in [1.82, 2.24) is 9.97 Å². The molecule has 1 heterocycles. The molecular formula is C19H20N4O2. The number of rotatable bonds is 4. The summed E-state index contributed by atoms with van der Waals surface area (Å²) in [5, 5.41) is 3.43. The summed E-state index contributed by atoms with van der Waals surface area (Å²) in [6.45, 7) is 4.05. The highest BCUT2D eigenvalue weighted by Crippen LogP contribution is 2.18. The molecule has 2 aromatic carbocycles. The highest BCUT2D eigenvalue weighted by molar-refractivity contribution is 5.94. The molecule has 6 nitrogen and oxygen atoms in total. The first kappa shape index (κ1) is 16.7. The molecule has 0 radical (unpaired) electrons. The van der Waals surface area contributed by atoms with Gasteiger partial charge in [0, 0.05) is 12.7 Å². The zero-order valence-corrected chi connectivity index (χ0v) is 14.5. The Bertz CT molecular complexity index is 994. The van der Waals surface area contributed by atoms with E-state index in [0.717, 1.165) is 16.8 Å². The van der Waals surface area contributed by atoms with Gasteiger partial charge in [-0.25, -0.2) is 4.98 Å². The molecule has 0 fully saturated rings. The number of hydrogen-bond acceptors (Lipinski definition) is 4. The van der Waals surface area contributed by atoms with Gasteiger partial charge in [-0.15, -0.1) is 0 Å². The largest absolute Gasteiger partial charge is 0.336 e. The second-order valence-electron chi connectivity index (χ2n) is 6.06. The van der Waals surface area contributed by atoms with Crippen LogP contribution in [0.5, 0.6) is 0 Å². The third kappa shape index (κ3) is 3.52. The van der Waals surface area contributed by atoms with E-state index in [4.69, 9.17) is 0 Å². The molecule has 0 bridgehead atoms. The predicted molar refractivity (Wildman–Crippen MR) is 100 cm³/mol. The third-order valence-corrected chi connectivity index (χ3v) is 4.22. The van der Waals surface area contributed by atoms with Gasteiger partial charge in [-0.1, -0.05) is 24.3 Å². The molecule has 1 aromatic heterocycles. The first-order chi connectivity index (χ1) is 12.0. The Labute approximate surface area is 145 Å². The Morgan fingerprint density at radius 3 is 2.72 bits per heavy atom. The van der Waals surface area contributed by atoms with E-state index in [0.29, 0.717) is 16.9 Å². The summed E-state index contributed by atoms with van der Waals surface area (Å²) < 4.78 is 0. The van der Waals surface area contributed by atoms with Crippen LogP contribution in [0.1, 0.15) is 11.1 Å². The Balaban J connectivity index is 1.78. The number of benzene rings is 2. The van der Waals surface area contributed by atoms with E-state index >= 15 is 0 Å². The lowest BCUT2D eigenvalue weighted by Gasteiger charge is -2.18. The number of carbonyl (C=O) groups is 1. The molecule has 0 aliphatic heterocycles. The van der Waals surface area contributed by atoms with Crippen molar-refractivity contribution < 1.29 is 4.79 Å². The molecule has 3 rings (SSSR count). The van der Waals surface area contributed by atoms with Crippen LogP contribution in [0.25, 0.3) is 10.9 Å². The second-order valence-corrected chi connectivity index (χ2v) is 6.06. The zero-order valence-electron chi connectivity index (χ0n) is 14.5. The molecule has 128 valence electrons. The Kier molecular flexibility index (Phi) is 4.52. The van der Waals surface area contributed by atoms with E-state index in [1.807, 2.05) is 38.1 Å². The molecule has 2 N–H and O–H groups in total. The average Bonchev–Trinajstić information content (AvgIpc) is 2.59. The van der Waals surface area contributed by atoms with Gasteiger partial charge in [-0.3, -0.25) is 14.6 Å². The summed E-state index contributed by atoms with van der Waals surface area (Å²) in [6.07, 6.45) is 0. The summed E-state index contributed by atoms with van der Waals surface area (Å²) in [5.74, 6) is 0.187. The maximum atomic E-state index is 12.3. The third-order valence-electron chi connectivity index (χ3n) is 4.22. The molecular weight excluding hydrogens is 316 g/mol. The van der Waals surface area contributed by atoms with Gasteiger partial charge in [0.05, 0.1) is 17.4 Å². The van der Waals surface area contributed by atoms with Crippen LogP contribution in [0.3, 0.4) is 0 Å². The van der Waals surface area contributed by atoms with Gasteiger partial charge in [-0.2, -0.15) is 0 Å². The van der Waals surface area contributed by atoms with Crippen molar-refractivity contribution >= 4 is 28.4 Å². The molecule has 0 spiro atoms. The fraction of sp³-hybridized carbons (Fsp3) is 0.211. The molecule has 0 atom stereocenters. The number of amides is 1. The molecule has 0 saturated heterocycles. The van der Waals surface area contributed by atoms with Gasteiger partial charge < -0.3 is 10.2 Å². The number of H-pyrrole nitrogens is 1. The lowest BCUT2D eigenvalue weighted by atomic mass is 10.1. The topological polar surface area (TPSA) is 78.1 Å². The number of likely N-dealkylation sites (N-methyl/N-ethyl adjacent to an activating group) is 1. The standard InChI is InChI=1S/C19H20N4O2/c1-12-7-6-10-15(13(12)2)20-17(24)11-23(3)19-21-16-9-5-4-8-14(16)18(25)22-19/h4-10H,11H2,1-3H3,(H,20,24)(H,21,22,25). The predicted octanol–water partition coefficient (Wildman–Crippen LogP) is 2.61. The van der Waals surface area contributed by atoms with E-state index in [2.05, 4.69) is 15.3 Å². The number of nitrogens with zero attached hydrogens (tertiary/aromatic N) is 2. The molecule has 0 saturated carbocycles. The minimum absolute atomic E-state index is 0.0780. The van der Waals surface area contributed by atoms with Crippen molar-refractivity contribution in [1.29, 1.82) is 0 Å². The Hall–Kier alpha value is -3.15. The molecule has 1 amide bonds. The fourth-order valence-corrected chi connectivity index (χ4v) is 2.62. The molecule has 0 unspecified atom stereocenters. The zero-order chi connectivity index (χ0) is 18.0. The van der Waals surface area contributed by atoms with Crippen LogP contribution in [0.2, 0.25) is 0 Å². The number of anilines is 2. The molecule has 0 aliphatic rings. The summed E-state index contributed by atoms with van der Waals surface area (Å²) in [6, 6.07) is 12.9. The van der Waals surface area contributed by atoms with E-state index in [1.165, 1.54) is 0 Å². The monoisotopic (exact) mass is 336 g/mol. The van der Waals surface area contributed by atoms with Crippen LogP contribution in [-0.2, 0) is 4.79 Å². The number of nitrogens with one attached hydrogen (secondary N) is 2. The summed E-state index contributed by atoms with van der Waals surface area (Å²) >= 11 is 0. The average molecular weight is 336 g/mol. The van der Waals surface area contributed by atoms with Crippen molar-refractivity contribution in [3.8, 4) is 0 Å². The van der Waals surface area contributed by atoms with Crippen LogP contribution in [0, 0.1) is 13.8 Å². The van der Waals surface area contributed by atoms with Crippen LogP contribution >= 0.6 is 0 Å². The Morgan fingerprint density at radius 1 is 1.16 bits per heavy atom. The minimum atomic E-state index is -0.220. The first-order valence-electron chi connectivity index (χ1n) is 8.02. The van der Waals surface area contributed by atoms with E-state index in [1.54, 1.807) is 30.1 Å². The smallest absolute Gasteiger partial charge is 0.260 e. The second kappa shape index (κ2) is 6.76. The highest BCUT2D eigenvalue weighted by atomic mass is 16.2. The van der Waals surface area contributed by atoms with Crippen molar-refractivity contribution in [2.45, 2.75) is 13.8 Å². The van der Waals surface area contributed by atoms with Crippen molar-refractivity contribution in [3.05, 3.63) is 63.9 Å². The molecule has 6 heteroatoms. The Morgan fingerprint density at radius 2 is 1.92 bits per heavy atom. The maximum absolute atomic E-state index is 12.3. The van der Waals surface area contributed by atoms with Crippen LogP contribution in [0.15, 0.2) is 47.3 Å². The number of fused-ring (bicyclic) bond motifs is 1. The normalized spacial score (nSPS) is 10.7. The lowest BCUT2D eigenvalue weighted by molar-refractivity contribution is -0.114. The number of aromatic nitrogens is 2. The van der Waals surface area contributed by atoms with Gasteiger partial charge >= 0.3 is 0 Å². The minimum Gasteiger partial charge on any atom is -0.336 e. The van der Waals surface area contributed by atoms with Gasteiger partial charge in [-0.05, 0) is 43.2 Å². The van der Waals surface area contributed by atoms with Gasteiger partial charge in [0.15, 0.2) is 0 Å². The van der Waals surface area contributed by atoms with Crippen LogP contribution < -0.4 is 15.8 Å². The van der Waals surface area contributed by atoms with Crippen molar-refractivity contribution in [3.63, 3.8) is 0 Å². The molecule has 0 aliphatic carbocycles. The summed E-state index contributed by atoms with van der Waals surface area (Å²) in [7, 11) is 1.72. The molecule has 25 heavy (non-hydrogen) atoms. The van der Waals surface area contributed by atoms with E-state index in [-0.39, 0.29) is 18.0 Å². The van der Waals surface area contributed by atoms with E-state index in [9.17, 15) is 9.59 Å². The number of para-hydroxylation sites is 1. The van der Waals surface area contributed by atoms with Crippen molar-refractivity contribution in [2.75, 3.05) is 23.8 Å². The summed E-state index contributed by atoms with van der Waals surface area (Å²) in [5.41, 5.74) is 3.33. The number of aryl methyl sites for hydroxylation is 1. The van der Waals surface area contributed by atoms with Crippen molar-refractivity contribution in [2.24, 2.45) is 0 Å². The fourth-order valence-electron chi connectivity index (χ4n) is 2.62.